The summed E-state index contributed by atoms with van der Waals surface area (Å²) in [6.07, 6.45) is -0.459. The minimum Gasteiger partial charge on any atom is -0.491 e. The van der Waals surface area contributed by atoms with E-state index in [1.54, 1.807) is 12.1 Å². The lowest BCUT2D eigenvalue weighted by molar-refractivity contribution is -0.0126. The summed E-state index contributed by atoms with van der Waals surface area (Å²) in [5, 5.41) is 21.0. The molecular formula is C24H42N2O10. The summed E-state index contributed by atoms with van der Waals surface area (Å²) in [4.78, 5) is 15.5. The normalized spacial score (nSPS) is 11.5. The standard InChI is InChI=1S/C24H42N2O10/c1-24(2,3)36-23(29)25-4-5-30-6-7-31-8-9-32-10-11-33-12-13-34-14-15-35-22-16-20(18-27)26-21(17-22)19-28/h16-17,27-28H,4-15,18-19H2,1-3H3,(H,25,29). The smallest absolute Gasteiger partial charge is 0.407 e. The largest absolute Gasteiger partial charge is 0.491 e. The molecule has 0 saturated heterocycles. The lowest BCUT2D eigenvalue weighted by Crippen LogP contribution is -2.34. The summed E-state index contributed by atoms with van der Waals surface area (Å²) in [6, 6.07) is 3.24. The molecule has 1 amide bonds. The molecule has 1 heterocycles. The van der Waals surface area contributed by atoms with Gasteiger partial charge in [0.25, 0.3) is 0 Å². The van der Waals surface area contributed by atoms with Crippen LogP contribution in [0.2, 0.25) is 0 Å². The van der Waals surface area contributed by atoms with Crippen LogP contribution in [0.5, 0.6) is 5.75 Å². The zero-order valence-corrected chi connectivity index (χ0v) is 21.7. The van der Waals surface area contributed by atoms with Crippen LogP contribution in [0.3, 0.4) is 0 Å². The second-order valence-corrected chi connectivity index (χ2v) is 8.44. The van der Waals surface area contributed by atoms with Crippen molar-refractivity contribution < 1.29 is 48.2 Å². The van der Waals surface area contributed by atoms with Crippen molar-refractivity contribution in [1.82, 2.24) is 10.3 Å². The summed E-state index contributed by atoms with van der Waals surface area (Å²) < 4.78 is 37.7. The number of rotatable bonds is 21. The molecule has 1 aromatic rings. The zero-order valence-electron chi connectivity index (χ0n) is 21.7. The lowest BCUT2D eigenvalue weighted by atomic mass is 10.2. The number of amides is 1. The first-order valence-electron chi connectivity index (χ1n) is 12.0. The first-order valence-corrected chi connectivity index (χ1v) is 12.0. The van der Waals surface area contributed by atoms with Gasteiger partial charge < -0.3 is 48.7 Å². The number of nitrogens with zero attached hydrogens (tertiary/aromatic N) is 1. The Balaban J connectivity index is 1.81. The Morgan fingerprint density at radius 2 is 1.17 bits per heavy atom. The topological polar surface area (TPSA) is 147 Å². The number of aromatic nitrogens is 1. The van der Waals surface area contributed by atoms with Crippen molar-refractivity contribution in [2.24, 2.45) is 0 Å². The van der Waals surface area contributed by atoms with Crippen molar-refractivity contribution in [3.63, 3.8) is 0 Å². The third kappa shape index (κ3) is 18.2. The molecule has 1 aromatic heterocycles. The highest BCUT2D eigenvalue weighted by Crippen LogP contribution is 2.14. The Hall–Kier alpha value is -2.06. The SMILES string of the molecule is CC(C)(C)OC(=O)NCCOCCOCCOCCOCCOCCOc1cc(CO)nc(CO)c1. The highest BCUT2D eigenvalue weighted by Gasteiger charge is 2.15. The highest BCUT2D eigenvalue weighted by molar-refractivity contribution is 5.67. The van der Waals surface area contributed by atoms with Gasteiger partial charge in [-0.1, -0.05) is 0 Å². The molecule has 208 valence electrons. The van der Waals surface area contributed by atoms with E-state index in [2.05, 4.69) is 10.3 Å². The summed E-state index contributed by atoms with van der Waals surface area (Å²) in [6.45, 7) is 10.0. The van der Waals surface area contributed by atoms with Crippen LogP contribution < -0.4 is 10.1 Å². The van der Waals surface area contributed by atoms with Crippen molar-refractivity contribution in [3.8, 4) is 5.75 Å². The molecule has 0 atom stereocenters. The Morgan fingerprint density at radius 3 is 1.58 bits per heavy atom. The molecule has 12 nitrogen and oxygen atoms in total. The minimum atomic E-state index is -0.514. The fourth-order valence-electron chi connectivity index (χ4n) is 2.60. The average molecular weight is 519 g/mol. The molecule has 0 aliphatic rings. The van der Waals surface area contributed by atoms with Gasteiger partial charge in [-0.2, -0.15) is 0 Å². The van der Waals surface area contributed by atoms with Gasteiger partial charge in [0.1, 0.15) is 18.0 Å². The van der Waals surface area contributed by atoms with Crippen molar-refractivity contribution in [2.75, 3.05) is 79.2 Å². The molecule has 0 spiro atoms. The molecule has 0 bridgehead atoms. The van der Waals surface area contributed by atoms with Crippen LogP contribution in [0.4, 0.5) is 4.79 Å². The molecule has 3 N–H and O–H groups in total. The molecule has 0 aliphatic carbocycles. The van der Waals surface area contributed by atoms with E-state index in [0.717, 1.165) is 0 Å². The predicted octanol–water partition coefficient (Wildman–Crippen LogP) is 1.05. The third-order valence-corrected chi connectivity index (χ3v) is 4.13. The van der Waals surface area contributed by atoms with Gasteiger partial charge in [0.05, 0.1) is 90.7 Å². The Kier molecular flexibility index (Phi) is 17.8. The Morgan fingerprint density at radius 1 is 0.750 bits per heavy atom. The molecule has 0 fully saturated rings. The van der Waals surface area contributed by atoms with E-state index in [4.69, 9.17) is 33.2 Å². The molecule has 0 unspecified atom stereocenters. The van der Waals surface area contributed by atoms with Crippen LogP contribution in [0.1, 0.15) is 32.2 Å². The number of alkyl carbamates (subject to hydrolysis) is 1. The summed E-state index contributed by atoms with van der Waals surface area (Å²) >= 11 is 0. The number of nitrogens with one attached hydrogen (secondary N) is 1. The van der Waals surface area contributed by atoms with Crippen LogP contribution in [0, 0.1) is 0 Å². The van der Waals surface area contributed by atoms with Crippen molar-refractivity contribution in [1.29, 1.82) is 0 Å². The van der Waals surface area contributed by atoms with Gasteiger partial charge >= 0.3 is 6.09 Å². The maximum absolute atomic E-state index is 11.4. The molecule has 0 saturated carbocycles. The maximum Gasteiger partial charge on any atom is 0.407 e. The number of hydrogen-bond donors (Lipinski definition) is 3. The van der Waals surface area contributed by atoms with E-state index < -0.39 is 11.7 Å². The number of hydrogen-bond acceptors (Lipinski definition) is 11. The molecule has 36 heavy (non-hydrogen) atoms. The highest BCUT2D eigenvalue weighted by atomic mass is 16.6. The van der Waals surface area contributed by atoms with E-state index >= 15 is 0 Å². The predicted molar refractivity (Wildman–Crippen MR) is 130 cm³/mol. The summed E-state index contributed by atoms with van der Waals surface area (Å²) in [5.74, 6) is 0.527. The van der Waals surface area contributed by atoms with Gasteiger partial charge in [0, 0.05) is 18.7 Å². The molecule has 0 aromatic carbocycles. The second kappa shape index (κ2) is 20.0. The number of aliphatic hydroxyl groups excluding tert-OH is 2. The van der Waals surface area contributed by atoms with Crippen molar-refractivity contribution in [2.45, 2.75) is 39.6 Å². The molecule has 12 heteroatoms. The van der Waals surface area contributed by atoms with E-state index in [-0.39, 0.29) is 13.2 Å². The second-order valence-electron chi connectivity index (χ2n) is 8.44. The number of pyridine rings is 1. The quantitative estimate of drug-likeness (QED) is 0.201. The van der Waals surface area contributed by atoms with E-state index in [1.807, 2.05) is 20.8 Å². The Labute approximate surface area is 213 Å². The monoisotopic (exact) mass is 518 g/mol. The molecule has 1 rings (SSSR count). The maximum atomic E-state index is 11.4. The van der Waals surface area contributed by atoms with Gasteiger partial charge in [0.2, 0.25) is 0 Å². The van der Waals surface area contributed by atoms with Gasteiger partial charge in [-0.25, -0.2) is 4.79 Å². The lowest BCUT2D eigenvalue weighted by Gasteiger charge is -2.19. The zero-order chi connectivity index (χ0) is 26.5. The van der Waals surface area contributed by atoms with Crippen molar-refractivity contribution >= 4 is 6.09 Å². The van der Waals surface area contributed by atoms with E-state index in [0.29, 0.717) is 96.4 Å². The average Bonchev–Trinajstić information content (AvgIpc) is 2.84. The summed E-state index contributed by atoms with van der Waals surface area (Å²) in [7, 11) is 0. The van der Waals surface area contributed by atoms with Crippen LogP contribution in [-0.4, -0.2) is 106 Å². The van der Waals surface area contributed by atoms with Gasteiger partial charge in [-0.3, -0.25) is 4.98 Å². The van der Waals surface area contributed by atoms with Gasteiger partial charge in [-0.15, -0.1) is 0 Å². The minimum absolute atomic E-state index is 0.220. The molecule has 0 radical (unpaired) electrons. The van der Waals surface area contributed by atoms with Gasteiger partial charge in [0.15, 0.2) is 0 Å². The number of ether oxygens (including phenoxy) is 7. The molecule has 0 aliphatic heterocycles. The van der Waals surface area contributed by atoms with Crippen LogP contribution in [0.25, 0.3) is 0 Å². The first-order chi connectivity index (χ1) is 17.3. The Bertz CT molecular complexity index is 678. The van der Waals surface area contributed by atoms with E-state index in [1.165, 1.54) is 0 Å². The number of carbonyl (C=O) groups excluding carboxylic acids is 1. The van der Waals surface area contributed by atoms with Crippen molar-refractivity contribution in [3.05, 3.63) is 23.5 Å². The van der Waals surface area contributed by atoms with Crippen LogP contribution >= 0.6 is 0 Å². The van der Waals surface area contributed by atoms with E-state index in [9.17, 15) is 15.0 Å². The number of carbonyl (C=O) groups is 1. The first kappa shape index (κ1) is 32.0. The fourth-order valence-corrected chi connectivity index (χ4v) is 2.60. The summed E-state index contributed by atoms with van der Waals surface area (Å²) in [5.41, 5.74) is 0.366. The third-order valence-electron chi connectivity index (χ3n) is 4.13. The molecular weight excluding hydrogens is 476 g/mol. The fraction of sp³-hybridized carbons (Fsp3) is 0.750. The number of aliphatic hydroxyl groups is 2. The van der Waals surface area contributed by atoms with Crippen LogP contribution in [-0.2, 0) is 41.6 Å². The van der Waals surface area contributed by atoms with Gasteiger partial charge in [-0.05, 0) is 20.8 Å². The van der Waals surface area contributed by atoms with Crippen LogP contribution in [0.15, 0.2) is 12.1 Å².